The Hall–Kier alpha value is -1.48. The highest BCUT2D eigenvalue weighted by molar-refractivity contribution is 5.91. The van der Waals surface area contributed by atoms with Crippen LogP contribution in [-0.4, -0.2) is 25.3 Å². The van der Waals surface area contributed by atoms with Gasteiger partial charge in [0.05, 0.1) is 12.6 Å². The zero-order valence-electron chi connectivity index (χ0n) is 12.2. The second-order valence-electron chi connectivity index (χ2n) is 5.69. The van der Waals surface area contributed by atoms with Crippen molar-refractivity contribution in [2.45, 2.75) is 25.2 Å². The second-order valence-corrected chi connectivity index (χ2v) is 5.69. The van der Waals surface area contributed by atoms with Crippen molar-refractivity contribution in [1.29, 1.82) is 0 Å². The summed E-state index contributed by atoms with van der Waals surface area (Å²) >= 11 is 0. The summed E-state index contributed by atoms with van der Waals surface area (Å²) in [5.74, 6) is 0.967. The molecular weight excluding hydrogens is 236 g/mol. The molecule has 1 aromatic carbocycles. The van der Waals surface area contributed by atoms with E-state index in [2.05, 4.69) is 36.0 Å². The van der Waals surface area contributed by atoms with Crippen molar-refractivity contribution in [3.8, 4) is 5.75 Å². The lowest BCUT2D eigenvalue weighted by Gasteiger charge is -2.16. The van der Waals surface area contributed by atoms with Gasteiger partial charge in [-0.05, 0) is 38.4 Å². The molecule has 1 aliphatic rings. The molecule has 1 heterocycles. The SMILES string of the molecule is CNCC1(c2c(C)n(C)c3c(OC)cccc23)CC1. The Balaban J connectivity index is 2.29. The quantitative estimate of drug-likeness (QED) is 0.912. The van der Waals surface area contributed by atoms with Gasteiger partial charge < -0.3 is 14.6 Å². The lowest BCUT2D eigenvalue weighted by molar-refractivity contribution is 0.418. The van der Waals surface area contributed by atoms with Gasteiger partial charge in [0.15, 0.2) is 0 Å². The number of benzene rings is 1. The predicted octanol–water partition coefficient (Wildman–Crippen LogP) is 2.75. The Morgan fingerprint density at radius 3 is 2.68 bits per heavy atom. The number of aromatic nitrogens is 1. The van der Waals surface area contributed by atoms with Crippen molar-refractivity contribution in [2.24, 2.45) is 7.05 Å². The van der Waals surface area contributed by atoms with E-state index in [1.165, 1.54) is 35.0 Å². The van der Waals surface area contributed by atoms with Crippen LogP contribution >= 0.6 is 0 Å². The van der Waals surface area contributed by atoms with E-state index in [4.69, 9.17) is 4.74 Å². The molecule has 3 rings (SSSR count). The molecule has 1 N–H and O–H groups in total. The molecule has 0 bridgehead atoms. The molecule has 0 aliphatic heterocycles. The first-order valence-electron chi connectivity index (χ1n) is 6.92. The number of likely N-dealkylation sites (N-methyl/N-ethyl adjacent to an activating group) is 1. The first kappa shape index (κ1) is 12.5. The van der Waals surface area contributed by atoms with E-state index in [1.807, 2.05) is 13.1 Å². The number of nitrogens with zero attached hydrogens (tertiary/aromatic N) is 1. The van der Waals surface area contributed by atoms with Gasteiger partial charge >= 0.3 is 0 Å². The Kier molecular flexibility index (Phi) is 2.82. The fraction of sp³-hybridized carbons (Fsp3) is 0.500. The molecule has 2 aromatic rings. The van der Waals surface area contributed by atoms with Crippen molar-refractivity contribution >= 4 is 10.9 Å². The molecule has 1 aliphatic carbocycles. The fourth-order valence-corrected chi connectivity index (χ4v) is 3.44. The van der Waals surface area contributed by atoms with E-state index in [0.717, 1.165) is 12.3 Å². The number of ether oxygens (including phenoxy) is 1. The monoisotopic (exact) mass is 258 g/mol. The number of fused-ring (bicyclic) bond motifs is 1. The molecule has 1 fully saturated rings. The van der Waals surface area contributed by atoms with Crippen LogP contribution in [0.25, 0.3) is 10.9 Å². The number of rotatable bonds is 4. The molecule has 102 valence electrons. The van der Waals surface area contributed by atoms with Gasteiger partial charge in [0, 0.05) is 30.1 Å². The molecule has 3 heteroatoms. The topological polar surface area (TPSA) is 26.2 Å². The molecule has 0 saturated heterocycles. The number of aryl methyl sites for hydroxylation is 1. The van der Waals surface area contributed by atoms with Gasteiger partial charge in [-0.2, -0.15) is 0 Å². The lowest BCUT2D eigenvalue weighted by atomic mass is 9.93. The van der Waals surface area contributed by atoms with E-state index >= 15 is 0 Å². The van der Waals surface area contributed by atoms with E-state index in [9.17, 15) is 0 Å². The Morgan fingerprint density at radius 2 is 2.11 bits per heavy atom. The summed E-state index contributed by atoms with van der Waals surface area (Å²) in [5.41, 5.74) is 4.44. The van der Waals surface area contributed by atoms with Crippen LogP contribution in [0.3, 0.4) is 0 Å². The Bertz CT molecular complexity index is 623. The lowest BCUT2D eigenvalue weighted by Crippen LogP contribution is -2.24. The standard InChI is InChI=1S/C16H22N2O/c1-11-14(16(8-9-16)10-17-2)12-6-5-7-13(19-4)15(12)18(11)3/h5-7,17H,8-10H2,1-4H3. The van der Waals surface area contributed by atoms with Crippen molar-refractivity contribution in [2.75, 3.05) is 20.7 Å². The van der Waals surface area contributed by atoms with Crippen LogP contribution in [0.15, 0.2) is 18.2 Å². The second kappa shape index (κ2) is 4.27. The highest BCUT2D eigenvalue weighted by atomic mass is 16.5. The number of nitrogens with one attached hydrogen (secondary N) is 1. The van der Waals surface area contributed by atoms with E-state index in [1.54, 1.807) is 7.11 Å². The van der Waals surface area contributed by atoms with Crippen molar-refractivity contribution < 1.29 is 4.74 Å². The van der Waals surface area contributed by atoms with Gasteiger partial charge in [-0.25, -0.2) is 0 Å². The van der Waals surface area contributed by atoms with Crippen molar-refractivity contribution in [1.82, 2.24) is 9.88 Å². The summed E-state index contributed by atoms with van der Waals surface area (Å²) in [4.78, 5) is 0. The summed E-state index contributed by atoms with van der Waals surface area (Å²) in [7, 11) is 5.93. The number of methoxy groups -OCH3 is 1. The molecule has 1 saturated carbocycles. The largest absolute Gasteiger partial charge is 0.495 e. The van der Waals surface area contributed by atoms with Crippen molar-refractivity contribution in [3.05, 3.63) is 29.5 Å². The third-order valence-corrected chi connectivity index (χ3v) is 4.59. The van der Waals surface area contributed by atoms with Gasteiger partial charge in [0.25, 0.3) is 0 Å². The molecule has 0 radical (unpaired) electrons. The molecule has 0 spiro atoms. The predicted molar refractivity (Wildman–Crippen MR) is 79.0 cm³/mol. The van der Waals surface area contributed by atoms with Crippen LogP contribution in [0.1, 0.15) is 24.1 Å². The highest BCUT2D eigenvalue weighted by Gasteiger charge is 2.46. The molecular formula is C16H22N2O. The first-order valence-corrected chi connectivity index (χ1v) is 6.92. The molecule has 19 heavy (non-hydrogen) atoms. The van der Waals surface area contributed by atoms with Gasteiger partial charge in [0.1, 0.15) is 5.75 Å². The Labute approximate surface area is 114 Å². The summed E-state index contributed by atoms with van der Waals surface area (Å²) in [6.45, 7) is 3.29. The molecule has 0 atom stereocenters. The average Bonchev–Trinajstić information content (AvgIpc) is 3.13. The summed E-state index contributed by atoms with van der Waals surface area (Å²) in [5, 5.41) is 4.71. The normalized spacial score (nSPS) is 16.8. The van der Waals surface area contributed by atoms with Crippen LogP contribution in [0.4, 0.5) is 0 Å². The number of hydrogen-bond donors (Lipinski definition) is 1. The van der Waals surface area contributed by atoms with Gasteiger partial charge in [-0.15, -0.1) is 0 Å². The third-order valence-electron chi connectivity index (χ3n) is 4.59. The molecule has 3 nitrogen and oxygen atoms in total. The van der Waals surface area contributed by atoms with Crippen molar-refractivity contribution in [3.63, 3.8) is 0 Å². The molecule has 1 aromatic heterocycles. The zero-order chi connectivity index (χ0) is 13.6. The van der Waals surface area contributed by atoms with E-state index < -0.39 is 0 Å². The van der Waals surface area contributed by atoms with E-state index in [0.29, 0.717) is 5.41 Å². The number of para-hydroxylation sites is 1. The number of hydrogen-bond acceptors (Lipinski definition) is 2. The van der Waals surface area contributed by atoms with Crippen LogP contribution in [0, 0.1) is 6.92 Å². The first-order chi connectivity index (χ1) is 9.14. The maximum absolute atomic E-state index is 5.53. The van der Waals surface area contributed by atoms with Crippen LogP contribution in [-0.2, 0) is 12.5 Å². The Morgan fingerprint density at radius 1 is 1.37 bits per heavy atom. The summed E-state index contributed by atoms with van der Waals surface area (Å²) in [6.07, 6.45) is 2.57. The van der Waals surface area contributed by atoms with E-state index in [-0.39, 0.29) is 0 Å². The highest BCUT2D eigenvalue weighted by Crippen LogP contribution is 2.52. The maximum atomic E-state index is 5.53. The minimum absolute atomic E-state index is 0.338. The van der Waals surface area contributed by atoms with Crippen LogP contribution in [0.2, 0.25) is 0 Å². The van der Waals surface area contributed by atoms with Gasteiger partial charge in [0.2, 0.25) is 0 Å². The van der Waals surface area contributed by atoms with Gasteiger partial charge in [-0.3, -0.25) is 0 Å². The maximum Gasteiger partial charge on any atom is 0.143 e. The smallest absolute Gasteiger partial charge is 0.143 e. The molecule has 0 amide bonds. The third kappa shape index (κ3) is 1.68. The average molecular weight is 258 g/mol. The minimum Gasteiger partial charge on any atom is -0.495 e. The van der Waals surface area contributed by atoms with Crippen LogP contribution < -0.4 is 10.1 Å². The fourth-order valence-electron chi connectivity index (χ4n) is 3.44. The van der Waals surface area contributed by atoms with Crippen LogP contribution in [0.5, 0.6) is 5.75 Å². The summed E-state index contributed by atoms with van der Waals surface area (Å²) < 4.78 is 7.81. The minimum atomic E-state index is 0.338. The zero-order valence-corrected chi connectivity index (χ0v) is 12.2. The van der Waals surface area contributed by atoms with Gasteiger partial charge in [-0.1, -0.05) is 12.1 Å². The molecule has 0 unspecified atom stereocenters. The summed E-state index contributed by atoms with van der Waals surface area (Å²) in [6, 6.07) is 6.37.